The van der Waals surface area contributed by atoms with Gasteiger partial charge in [0, 0.05) is 0 Å². The summed E-state index contributed by atoms with van der Waals surface area (Å²) in [4.78, 5) is 0. The molecular weight excluding hydrogens is 102 g/mol. The van der Waals surface area contributed by atoms with E-state index in [1.807, 2.05) is 0 Å². The molecule has 0 aromatic heterocycles. The fourth-order valence-corrected chi connectivity index (χ4v) is 0.178. The molecule has 0 heterocycles. The van der Waals surface area contributed by atoms with Crippen LogP contribution in [0.4, 0.5) is 0 Å². The molecule has 42 valence electrons. The van der Waals surface area contributed by atoms with E-state index in [2.05, 4.69) is 28.5 Å². The summed E-state index contributed by atoms with van der Waals surface area (Å²) in [5.74, 6) is 4.66. The van der Waals surface area contributed by atoms with Crippen molar-refractivity contribution in [2.24, 2.45) is 16.2 Å². The lowest BCUT2D eigenvalue weighted by Gasteiger charge is -1.62. The molecule has 0 aromatic carbocycles. The maximum absolute atomic E-state index is 4.66. The van der Waals surface area contributed by atoms with Crippen molar-refractivity contribution in [2.45, 2.75) is 0 Å². The molecule has 0 spiro atoms. The number of rotatable bonds is 2. The van der Waals surface area contributed by atoms with Crippen molar-refractivity contribution in [3.63, 3.8) is 0 Å². The van der Waals surface area contributed by atoms with Gasteiger partial charge in [0.1, 0.15) is 0 Å². The second-order valence-electron chi connectivity index (χ2n) is 0.929. The molecule has 0 aliphatic carbocycles. The Balaban J connectivity index is 3.63. The Bertz CT molecular complexity index is 140. The Morgan fingerprint density at radius 3 is 2.88 bits per heavy atom. The molecule has 0 radical (unpaired) electrons. The topological polar surface area (TPSA) is 50.7 Å². The number of nitrogens with two attached hydrogens (primary N) is 1. The van der Waals surface area contributed by atoms with Crippen molar-refractivity contribution in [1.82, 2.24) is 0 Å². The van der Waals surface area contributed by atoms with Crippen molar-refractivity contribution in [2.75, 3.05) is 0 Å². The van der Waals surface area contributed by atoms with Crippen LogP contribution in [0.1, 0.15) is 0 Å². The van der Waals surface area contributed by atoms with E-state index < -0.39 is 0 Å². The SMILES string of the molecule is C=CC=C=CN=NN. The van der Waals surface area contributed by atoms with Gasteiger partial charge in [-0.25, -0.2) is 0 Å². The summed E-state index contributed by atoms with van der Waals surface area (Å²) in [7, 11) is 0. The van der Waals surface area contributed by atoms with E-state index in [1.165, 1.54) is 6.20 Å². The van der Waals surface area contributed by atoms with Crippen molar-refractivity contribution in [3.05, 3.63) is 30.7 Å². The molecular formula is C5H7N3. The largest absolute Gasteiger partial charge is 0.305 e. The zero-order chi connectivity index (χ0) is 6.24. The average Bonchev–Trinajstić information content (AvgIpc) is 1.81. The summed E-state index contributed by atoms with van der Waals surface area (Å²) in [6.07, 6.45) is 4.54. The molecule has 0 saturated carbocycles. The predicted octanol–water partition coefficient (Wildman–Crippen LogP) is 1.17. The number of hydrogen-bond donors (Lipinski definition) is 1. The molecule has 0 saturated heterocycles. The van der Waals surface area contributed by atoms with E-state index in [4.69, 9.17) is 0 Å². The zero-order valence-corrected chi connectivity index (χ0v) is 4.41. The van der Waals surface area contributed by atoms with Crippen molar-refractivity contribution < 1.29 is 0 Å². The van der Waals surface area contributed by atoms with Gasteiger partial charge < -0.3 is 5.84 Å². The monoisotopic (exact) mass is 109 g/mol. The van der Waals surface area contributed by atoms with Crippen LogP contribution in [0.25, 0.3) is 0 Å². The Morgan fingerprint density at radius 2 is 2.38 bits per heavy atom. The smallest absolute Gasteiger partial charge is 0.0931 e. The second-order valence-corrected chi connectivity index (χ2v) is 0.929. The minimum Gasteiger partial charge on any atom is -0.305 e. The molecule has 0 rings (SSSR count). The normalized spacial score (nSPS) is 8.00. The van der Waals surface area contributed by atoms with E-state index in [9.17, 15) is 0 Å². The highest BCUT2D eigenvalue weighted by atomic mass is 15.3. The highest BCUT2D eigenvalue weighted by Gasteiger charge is 1.51. The van der Waals surface area contributed by atoms with Crippen LogP contribution in [0.15, 0.2) is 41.0 Å². The van der Waals surface area contributed by atoms with Gasteiger partial charge in [-0.1, -0.05) is 23.6 Å². The Hall–Kier alpha value is -1.34. The first-order valence-electron chi connectivity index (χ1n) is 2.04. The van der Waals surface area contributed by atoms with Crippen LogP contribution in [0.5, 0.6) is 0 Å². The summed E-state index contributed by atoms with van der Waals surface area (Å²) < 4.78 is 0. The molecule has 0 fully saturated rings. The van der Waals surface area contributed by atoms with E-state index in [0.29, 0.717) is 0 Å². The van der Waals surface area contributed by atoms with Gasteiger partial charge in [-0.15, -0.1) is 5.11 Å². The van der Waals surface area contributed by atoms with Gasteiger partial charge in [-0.2, -0.15) is 0 Å². The minimum atomic E-state index is 1.35. The molecule has 0 amide bonds. The standard InChI is InChI=1S/C5H7N3/c1-2-3-4-5-7-8-6/h2-3,5H,1H2,(H2,6,7). The highest BCUT2D eigenvalue weighted by molar-refractivity contribution is 4.96. The maximum atomic E-state index is 4.66. The summed E-state index contributed by atoms with van der Waals surface area (Å²) in [5.41, 5.74) is 2.63. The Morgan fingerprint density at radius 1 is 1.62 bits per heavy atom. The number of hydrogen-bond acceptors (Lipinski definition) is 2. The lowest BCUT2D eigenvalue weighted by molar-refractivity contribution is 1.06. The molecule has 8 heavy (non-hydrogen) atoms. The predicted molar refractivity (Wildman–Crippen MR) is 31.9 cm³/mol. The van der Waals surface area contributed by atoms with Gasteiger partial charge in [0.2, 0.25) is 0 Å². The van der Waals surface area contributed by atoms with Gasteiger partial charge in [0.25, 0.3) is 0 Å². The quantitative estimate of drug-likeness (QED) is 0.187. The van der Waals surface area contributed by atoms with Crippen LogP contribution in [0, 0.1) is 0 Å². The lowest BCUT2D eigenvalue weighted by Crippen LogP contribution is -1.70. The summed E-state index contributed by atoms with van der Waals surface area (Å²) in [6, 6.07) is 0. The van der Waals surface area contributed by atoms with Crippen LogP contribution in [0.2, 0.25) is 0 Å². The molecule has 3 nitrogen and oxygen atoms in total. The zero-order valence-electron chi connectivity index (χ0n) is 4.41. The third-order valence-electron chi connectivity index (χ3n) is 0.413. The van der Waals surface area contributed by atoms with Crippen LogP contribution < -0.4 is 5.84 Å². The van der Waals surface area contributed by atoms with E-state index >= 15 is 0 Å². The van der Waals surface area contributed by atoms with Gasteiger partial charge in [-0.05, 0) is 6.08 Å². The van der Waals surface area contributed by atoms with Crippen LogP contribution in [-0.2, 0) is 0 Å². The minimum absolute atomic E-state index is 1.35. The summed E-state index contributed by atoms with van der Waals surface area (Å²) >= 11 is 0. The lowest BCUT2D eigenvalue weighted by atomic mass is 10.6. The number of allylic oxidation sites excluding steroid dienone is 2. The van der Waals surface area contributed by atoms with Crippen LogP contribution in [0.3, 0.4) is 0 Å². The van der Waals surface area contributed by atoms with Gasteiger partial charge in [0.05, 0.1) is 6.20 Å². The average molecular weight is 109 g/mol. The van der Waals surface area contributed by atoms with Gasteiger partial charge in [-0.3, -0.25) is 0 Å². The first kappa shape index (κ1) is 6.66. The van der Waals surface area contributed by atoms with Crippen molar-refractivity contribution in [1.29, 1.82) is 0 Å². The maximum Gasteiger partial charge on any atom is 0.0931 e. The fourth-order valence-electron chi connectivity index (χ4n) is 0.178. The summed E-state index contributed by atoms with van der Waals surface area (Å²) in [6.45, 7) is 3.42. The highest BCUT2D eigenvalue weighted by Crippen LogP contribution is 1.70. The molecule has 0 unspecified atom stereocenters. The molecule has 2 N–H and O–H groups in total. The fraction of sp³-hybridized carbons (Fsp3) is 0. The van der Waals surface area contributed by atoms with Crippen molar-refractivity contribution in [3.8, 4) is 0 Å². The van der Waals surface area contributed by atoms with E-state index in [-0.39, 0.29) is 0 Å². The first-order chi connectivity index (χ1) is 3.91. The van der Waals surface area contributed by atoms with Crippen molar-refractivity contribution >= 4 is 0 Å². The van der Waals surface area contributed by atoms with Gasteiger partial charge >= 0.3 is 0 Å². The van der Waals surface area contributed by atoms with Crippen LogP contribution >= 0.6 is 0 Å². The van der Waals surface area contributed by atoms with E-state index in [0.717, 1.165) is 0 Å². The Labute approximate surface area is 47.9 Å². The molecule has 0 aliphatic rings. The summed E-state index contributed by atoms with van der Waals surface area (Å²) in [5, 5.41) is 6.26. The third kappa shape index (κ3) is 4.66. The molecule has 0 atom stereocenters. The third-order valence-corrected chi connectivity index (χ3v) is 0.413. The Kier molecular flexibility index (Phi) is 4.71. The van der Waals surface area contributed by atoms with Crippen LogP contribution in [-0.4, -0.2) is 0 Å². The molecule has 3 heteroatoms. The van der Waals surface area contributed by atoms with E-state index in [1.54, 1.807) is 12.2 Å². The first-order valence-corrected chi connectivity index (χ1v) is 2.04. The molecule has 0 aromatic rings. The molecule has 0 bridgehead atoms. The second kappa shape index (κ2) is 5.66. The molecule has 0 aliphatic heterocycles. The number of nitrogens with zero attached hydrogens (tertiary/aromatic N) is 2. The van der Waals surface area contributed by atoms with Gasteiger partial charge in [0.15, 0.2) is 0 Å².